The highest BCUT2D eigenvalue weighted by Crippen LogP contribution is 2.23. The van der Waals surface area contributed by atoms with Gasteiger partial charge in [0.25, 0.3) is 0 Å². The Labute approximate surface area is 74.2 Å². The molecule has 0 aromatic carbocycles. The molecule has 0 bridgehead atoms. The van der Waals surface area contributed by atoms with Crippen LogP contribution in [0.2, 0.25) is 0 Å². The zero-order valence-electron chi connectivity index (χ0n) is 7.19. The van der Waals surface area contributed by atoms with Gasteiger partial charge in [-0.25, -0.2) is 4.39 Å². The van der Waals surface area contributed by atoms with Crippen LogP contribution in [-0.2, 0) is 0 Å². The molecule has 0 saturated carbocycles. The van der Waals surface area contributed by atoms with Crippen molar-refractivity contribution in [2.75, 3.05) is 6.54 Å². The normalized spacial score (nSPS) is 37.9. The molecule has 1 N–H and O–H groups in total. The zero-order chi connectivity index (χ0) is 7.61. The Hall–Kier alpha value is 0.180. The SMILES string of the molecule is CCC1(C)CC(F)CCN1.Cl. The molecule has 0 aromatic heterocycles. The molecule has 0 amide bonds. The summed E-state index contributed by atoms with van der Waals surface area (Å²) in [4.78, 5) is 0. The van der Waals surface area contributed by atoms with E-state index in [4.69, 9.17) is 0 Å². The predicted octanol–water partition coefficient (Wildman–Crippen LogP) is 2.30. The minimum atomic E-state index is -0.578. The number of alkyl halides is 1. The number of halogens is 2. The van der Waals surface area contributed by atoms with Crippen LogP contribution in [0.25, 0.3) is 0 Å². The third-order valence-electron chi connectivity index (χ3n) is 2.46. The fraction of sp³-hybridized carbons (Fsp3) is 1.00. The minimum absolute atomic E-state index is 0. The summed E-state index contributed by atoms with van der Waals surface area (Å²) in [6.45, 7) is 5.04. The molecular weight excluding hydrogens is 165 g/mol. The quantitative estimate of drug-likeness (QED) is 0.655. The summed E-state index contributed by atoms with van der Waals surface area (Å²) >= 11 is 0. The summed E-state index contributed by atoms with van der Waals surface area (Å²) in [7, 11) is 0. The second kappa shape index (κ2) is 4.27. The Balaban J connectivity index is 0.000001000. The van der Waals surface area contributed by atoms with E-state index in [0.29, 0.717) is 12.8 Å². The van der Waals surface area contributed by atoms with E-state index in [2.05, 4.69) is 19.2 Å². The Morgan fingerprint density at radius 1 is 1.64 bits per heavy atom. The van der Waals surface area contributed by atoms with Crippen molar-refractivity contribution in [1.82, 2.24) is 5.32 Å². The van der Waals surface area contributed by atoms with Gasteiger partial charge in [0.05, 0.1) is 0 Å². The molecule has 11 heavy (non-hydrogen) atoms. The van der Waals surface area contributed by atoms with Gasteiger partial charge in [-0.15, -0.1) is 12.4 Å². The lowest BCUT2D eigenvalue weighted by atomic mass is 9.88. The van der Waals surface area contributed by atoms with E-state index < -0.39 is 6.17 Å². The Bertz CT molecular complexity index is 121. The highest BCUT2D eigenvalue weighted by Gasteiger charge is 2.29. The second-order valence-electron chi connectivity index (χ2n) is 3.43. The Morgan fingerprint density at radius 2 is 2.27 bits per heavy atom. The van der Waals surface area contributed by atoms with E-state index in [0.717, 1.165) is 13.0 Å². The predicted molar refractivity (Wildman–Crippen MR) is 48.1 cm³/mol. The first kappa shape index (κ1) is 11.2. The van der Waals surface area contributed by atoms with Crippen LogP contribution in [0.15, 0.2) is 0 Å². The Kier molecular flexibility index (Phi) is 4.34. The zero-order valence-corrected chi connectivity index (χ0v) is 8.01. The van der Waals surface area contributed by atoms with Crippen molar-refractivity contribution in [2.45, 2.75) is 44.8 Å². The van der Waals surface area contributed by atoms with Crippen LogP contribution in [0, 0.1) is 0 Å². The first-order valence-corrected chi connectivity index (χ1v) is 4.05. The van der Waals surface area contributed by atoms with E-state index >= 15 is 0 Å². The van der Waals surface area contributed by atoms with Crippen LogP contribution < -0.4 is 5.32 Å². The van der Waals surface area contributed by atoms with Crippen molar-refractivity contribution in [3.63, 3.8) is 0 Å². The van der Waals surface area contributed by atoms with Gasteiger partial charge in [0.15, 0.2) is 0 Å². The largest absolute Gasteiger partial charge is 0.311 e. The summed E-state index contributed by atoms with van der Waals surface area (Å²) in [5, 5.41) is 3.34. The van der Waals surface area contributed by atoms with Gasteiger partial charge >= 0.3 is 0 Å². The molecule has 1 fully saturated rings. The highest BCUT2D eigenvalue weighted by molar-refractivity contribution is 5.85. The van der Waals surface area contributed by atoms with E-state index in [-0.39, 0.29) is 17.9 Å². The molecule has 1 aliphatic heterocycles. The summed E-state index contributed by atoms with van der Waals surface area (Å²) < 4.78 is 12.8. The smallest absolute Gasteiger partial charge is 0.103 e. The molecule has 68 valence electrons. The topological polar surface area (TPSA) is 12.0 Å². The average Bonchev–Trinajstić information content (AvgIpc) is 1.88. The van der Waals surface area contributed by atoms with Gasteiger partial charge in [-0.1, -0.05) is 6.92 Å². The molecule has 0 aliphatic carbocycles. The van der Waals surface area contributed by atoms with Crippen molar-refractivity contribution >= 4 is 12.4 Å². The van der Waals surface area contributed by atoms with Gasteiger partial charge in [-0.05, 0) is 32.7 Å². The fourth-order valence-corrected chi connectivity index (χ4v) is 1.46. The van der Waals surface area contributed by atoms with Crippen LogP contribution >= 0.6 is 12.4 Å². The number of rotatable bonds is 1. The molecular formula is C8H17ClFN. The number of nitrogens with one attached hydrogen (secondary N) is 1. The molecule has 0 radical (unpaired) electrons. The first-order chi connectivity index (χ1) is 4.66. The van der Waals surface area contributed by atoms with Gasteiger partial charge in [-0.3, -0.25) is 0 Å². The van der Waals surface area contributed by atoms with Crippen molar-refractivity contribution < 1.29 is 4.39 Å². The summed E-state index contributed by atoms with van der Waals surface area (Å²) in [5.41, 5.74) is 0.0671. The first-order valence-electron chi connectivity index (χ1n) is 4.05. The molecule has 2 atom stereocenters. The molecule has 0 spiro atoms. The van der Waals surface area contributed by atoms with Crippen molar-refractivity contribution in [2.24, 2.45) is 0 Å². The van der Waals surface area contributed by atoms with E-state index in [9.17, 15) is 4.39 Å². The molecule has 3 heteroatoms. The standard InChI is InChI=1S/C8H16FN.ClH/c1-3-8(2)6-7(9)4-5-10-8;/h7,10H,3-6H2,1-2H3;1H. The molecule has 1 rings (SSSR count). The maximum Gasteiger partial charge on any atom is 0.103 e. The minimum Gasteiger partial charge on any atom is -0.311 e. The van der Waals surface area contributed by atoms with Crippen molar-refractivity contribution in [3.05, 3.63) is 0 Å². The maximum atomic E-state index is 12.8. The Morgan fingerprint density at radius 3 is 2.64 bits per heavy atom. The van der Waals surface area contributed by atoms with Gasteiger partial charge in [0.2, 0.25) is 0 Å². The number of hydrogen-bond acceptors (Lipinski definition) is 1. The van der Waals surface area contributed by atoms with Crippen molar-refractivity contribution in [3.8, 4) is 0 Å². The molecule has 1 aliphatic rings. The number of piperidine rings is 1. The van der Waals surface area contributed by atoms with E-state index in [1.807, 2.05) is 0 Å². The summed E-state index contributed by atoms with van der Waals surface area (Å²) in [6.07, 6.45) is 1.82. The second-order valence-corrected chi connectivity index (χ2v) is 3.43. The molecule has 1 heterocycles. The van der Waals surface area contributed by atoms with Gasteiger partial charge in [0.1, 0.15) is 6.17 Å². The highest BCUT2D eigenvalue weighted by atomic mass is 35.5. The van der Waals surface area contributed by atoms with Crippen LogP contribution in [0.4, 0.5) is 4.39 Å². The van der Waals surface area contributed by atoms with Gasteiger partial charge < -0.3 is 5.32 Å². The van der Waals surface area contributed by atoms with Crippen LogP contribution in [0.3, 0.4) is 0 Å². The number of hydrogen-bond donors (Lipinski definition) is 1. The lowest BCUT2D eigenvalue weighted by Crippen LogP contribution is -2.48. The van der Waals surface area contributed by atoms with E-state index in [1.165, 1.54) is 0 Å². The van der Waals surface area contributed by atoms with Gasteiger partial charge in [0, 0.05) is 5.54 Å². The lowest BCUT2D eigenvalue weighted by molar-refractivity contribution is 0.161. The molecule has 0 aromatic rings. The summed E-state index contributed by atoms with van der Waals surface area (Å²) in [6, 6.07) is 0. The molecule has 2 unspecified atom stereocenters. The monoisotopic (exact) mass is 181 g/mol. The molecule has 1 nitrogen and oxygen atoms in total. The van der Waals surface area contributed by atoms with Crippen molar-refractivity contribution in [1.29, 1.82) is 0 Å². The summed E-state index contributed by atoms with van der Waals surface area (Å²) in [5.74, 6) is 0. The average molecular weight is 182 g/mol. The third kappa shape index (κ3) is 2.96. The molecule has 1 saturated heterocycles. The van der Waals surface area contributed by atoms with E-state index in [1.54, 1.807) is 0 Å². The van der Waals surface area contributed by atoms with Gasteiger partial charge in [-0.2, -0.15) is 0 Å². The van der Waals surface area contributed by atoms with Crippen LogP contribution in [-0.4, -0.2) is 18.3 Å². The fourth-order valence-electron chi connectivity index (χ4n) is 1.46. The third-order valence-corrected chi connectivity index (χ3v) is 2.46. The van der Waals surface area contributed by atoms with Crippen LogP contribution in [0.5, 0.6) is 0 Å². The lowest BCUT2D eigenvalue weighted by Gasteiger charge is -2.35. The maximum absolute atomic E-state index is 12.8. The van der Waals surface area contributed by atoms with Crippen LogP contribution in [0.1, 0.15) is 33.1 Å².